The fourth-order valence-electron chi connectivity index (χ4n) is 2.93. The van der Waals surface area contributed by atoms with Gasteiger partial charge in [-0.2, -0.15) is 0 Å². The molecule has 1 aliphatic rings. The topological polar surface area (TPSA) is 35.2 Å². The van der Waals surface area contributed by atoms with Crippen LogP contribution in [0.3, 0.4) is 0 Å². The highest BCUT2D eigenvalue weighted by atomic mass is 16.5. The van der Waals surface area contributed by atoms with Crippen LogP contribution in [0.2, 0.25) is 0 Å². The van der Waals surface area contributed by atoms with Crippen molar-refractivity contribution in [1.82, 2.24) is 0 Å². The van der Waals surface area contributed by atoms with Crippen molar-refractivity contribution < 1.29 is 4.74 Å². The monoisotopic (exact) mass is 219 g/mol. The molecule has 0 radical (unpaired) electrons. The molecule has 2 heteroatoms. The number of hydrogen-bond acceptors (Lipinski definition) is 2. The van der Waals surface area contributed by atoms with Crippen LogP contribution in [0.15, 0.2) is 18.2 Å². The number of rotatable bonds is 3. The summed E-state index contributed by atoms with van der Waals surface area (Å²) in [7, 11) is 1.70. The van der Waals surface area contributed by atoms with Crippen LogP contribution < -0.4 is 10.5 Å². The summed E-state index contributed by atoms with van der Waals surface area (Å²) in [5.74, 6) is 0.923. The molecule has 1 fully saturated rings. The Morgan fingerprint density at radius 1 is 1.38 bits per heavy atom. The van der Waals surface area contributed by atoms with Gasteiger partial charge in [-0.25, -0.2) is 0 Å². The molecule has 2 nitrogen and oxygen atoms in total. The first-order chi connectivity index (χ1) is 7.47. The molecule has 0 spiro atoms. The molecule has 1 aliphatic carbocycles. The van der Waals surface area contributed by atoms with Gasteiger partial charge in [-0.05, 0) is 42.0 Å². The summed E-state index contributed by atoms with van der Waals surface area (Å²) in [6.45, 7) is 7.46. The first kappa shape index (κ1) is 11.5. The maximum Gasteiger partial charge on any atom is 0.119 e. The summed E-state index contributed by atoms with van der Waals surface area (Å²) >= 11 is 0. The molecule has 16 heavy (non-hydrogen) atoms. The maximum atomic E-state index is 5.98. The SMILES string of the molecule is COc1ccc(C2(CN)CC2(C)C)c(C)c1. The number of benzene rings is 1. The van der Waals surface area contributed by atoms with E-state index >= 15 is 0 Å². The van der Waals surface area contributed by atoms with Crippen LogP contribution >= 0.6 is 0 Å². The summed E-state index contributed by atoms with van der Waals surface area (Å²) in [4.78, 5) is 0. The lowest BCUT2D eigenvalue weighted by Gasteiger charge is -2.21. The summed E-state index contributed by atoms with van der Waals surface area (Å²) < 4.78 is 5.24. The third-order valence-electron chi connectivity index (χ3n) is 4.21. The van der Waals surface area contributed by atoms with E-state index in [1.165, 1.54) is 17.5 Å². The molecule has 0 saturated heterocycles. The van der Waals surface area contributed by atoms with Gasteiger partial charge in [-0.15, -0.1) is 0 Å². The zero-order valence-electron chi connectivity index (χ0n) is 10.6. The standard InChI is InChI=1S/C14H21NO/c1-10-7-11(16-4)5-6-12(10)14(9-15)8-13(14,2)3/h5-7H,8-9,15H2,1-4H3. The highest BCUT2D eigenvalue weighted by molar-refractivity contribution is 5.45. The highest BCUT2D eigenvalue weighted by Crippen LogP contribution is 2.64. The molecule has 1 unspecified atom stereocenters. The van der Waals surface area contributed by atoms with Crippen molar-refractivity contribution in [2.45, 2.75) is 32.6 Å². The van der Waals surface area contributed by atoms with Gasteiger partial charge in [0, 0.05) is 12.0 Å². The molecule has 1 saturated carbocycles. The number of methoxy groups -OCH3 is 1. The first-order valence-corrected chi connectivity index (χ1v) is 5.82. The van der Waals surface area contributed by atoms with Crippen LogP contribution in [0.5, 0.6) is 5.75 Å². The van der Waals surface area contributed by atoms with Crippen molar-refractivity contribution in [2.24, 2.45) is 11.1 Å². The molecular weight excluding hydrogens is 198 g/mol. The van der Waals surface area contributed by atoms with Gasteiger partial charge >= 0.3 is 0 Å². The van der Waals surface area contributed by atoms with Crippen molar-refractivity contribution in [3.63, 3.8) is 0 Å². The predicted octanol–water partition coefficient (Wildman–Crippen LogP) is 2.63. The van der Waals surface area contributed by atoms with Gasteiger partial charge in [0.15, 0.2) is 0 Å². The second kappa shape index (κ2) is 3.49. The highest BCUT2D eigenvalue weighted by Gasteiger charge is 2.61. The van der Waals surface area contributed by atoms with Gasteiger partial charge in [0.05, 0.1) is 7.11 Å². The molecule has 0 heterocycles. The van der Waals surface area contributed by atoms with E-state index in [0.29, 0.717) is 5.41 Å². The van der Waals surface area contributed by atoms with Gasteiger partial charge < -0.3 is 10.5 Å². The van der Waals surface area contributed by atoms with Crippen LogP contribution in [-0.2, 0) is 5.41 Å². The van der Waals surface area contributed by atoms with E-state index in [4.69, 9.17) is 10.5 Å². The molecule has 0 aromatic heterocycles. The average molecular weight is 219 g/mol. The van der Waals surface area contributed by atoms with Crippen molar-refractivity contribution in [3.8, 4) is 5.75 Å². The molecule has 0 bridgehead atoms. The number of hydrogen-bond donors (Lipinski definition) is 1. The van der Waals surface area contributed by atoms with Crippen LogP contribution in [-0.4, -0.2) is 13.7 Å². The summed E-state index contributed by atoms with van der Waals surface area (Å²) in [6, 6.07) is 6.31. The van der Waals surface area contributed by atoms with E-state index < -0.39 is 0 Å². The Balaban J connectivity index is 2.42. The third kappa shape index (κ3) is 1.44. The largest absolute Gasteiger partial charge is 0.497 e. The van der Waals surface area contributed by atoms with Crippen molar-refractivity contribution in [3.05, 3.63) is 29.3 Å². The van der Waals surface area contributed by atoms with E-state index in [1.54, 1.807) is 7.11 Å². The van der Waals surface area contributed by atoms with Crippen LogP contribution in [0.25, 0.3) is 0 Å². The molecule has 1 atom stereocenters. The second-order valence-electron chi connectivity index (χ2n) is 5.53. The number of nitrogens with two attached hydrogens (primary N) is 1. The van der Waals surface area contributed by atoms with Gasteiger partial charge in [0.1, 0.15) is 5.75 Å². The Morgan fingerprint density at radius 2 is 2.00 bits per heavy atom. The first-order valence-electron chi connectivity index (χ1n) is 5.82. The zero-order valence-corrected chi connectivity index (χ0v) is 10.6. The van der Waals surface area contributed by atoms with Crippen LogP contribution in [0.4, 0.5) is 0 Å². The Morgan fingerprint density at radius 3 is 2.38 bits per heavy atom. The average Bonchev–Trinajstić information content (AvgIpc) is 2.81. The molecule has 0 amide bonds. The summed E-state index contributed by atoms with van der Waals surface area (Å²) in [6.07, 6.45) is 1.18. The second-order valence-corrected chi connectivity index (χ2v) is 5.53. The fourth-order valence-corrected chi connectivity index (χ4v) is 2.93. The Bertz CT molecular complexity index is 411. The lowest BCUT2D eigenvalue weighted by molar-refractivity contribution is 0.413. The molecule has 2 N–H and O–H groups in total. The maximum absolute atomic E-state index is 5.98. The zero-order chi connectivity index (χ0) is 12.0. The number of ether oxygens (including phenoxy) is 1. The van der Waals surface area contributed by atoms with Crippen molar-refractivity contribution in [2.75, 3.05) is 13.7 Å². The van der Waals surface area contributed by atoms with Crippen molar-refractivity contribution in [1.29, 1.82) is 0 Å². The summed E-state index contributed by atoms with van der Waals surface area (Å²) in [5, 5.41) is 0. The van der Waals surface area contributed by atoms with Gasteiger partial charge in [-0.3, -0.25) is 0 Å². The molecule has 0 aliphatic heterocycles. The minimum absolute atomic E-state index is 0.184. The fraction of sp³-hybridized carbons (Fsp3) is 0.571. The predicted molar refractivity (Wildman–Crippen MR) is 66.9 cm³/mol. The summed E-state index contributed by atoms with van der Waals surface area (Å²) in [5.41, 5.74) is 9.18. The molecule has 1 aromatic carbocycles. The smallest absolute Gasteiger partial charge is 0.119 e. The molecular formula is C14H21NO. The Labute approximate surface area is 97.8 Å². The van der Waals surface area contributed by atoms with E-state index in [-0.39, 0.29) is 5.41 Å². The molecule has 2 rings (SSSR count). The van der Waals surface area contributed by atoms with Gasteiger partial charge in [-0.1, -0.05) is 19.9 Å². The van der Waals surface area contributed by atoms with Gasteiger partial charge in [0.25, 0.3) is 0 Å². The van der Waals surface area contributed by atoms with E-state index in [2.05, 4.69) is 32.9 Å². The van der Waals surface area contributed by atoms with E-state index in [1.807, 2.05) is 6.07 Å². The van der Waals surface area contributed by atoms with E-state index in [0.717, 1.165) is 12.3 Å². The minimum atomic E-state index is 0.184. The third-order valence-corrected chi connectivity index (χ3v) is 4.21. The number of aryl methyl sites for hydroxylation is 1. The quantitative estimate of drug-likeness (QED) is 0.848. The normalized spacial score (nSPS) is 26.6. The van der Waals surface area contributed by atoms with Gasteiger partial charge in [0.2, 0.25) is 0 Å². The Kier molecular flexibility index (Phi) is 2.50. The molecule has 88 valence electrons. The Hall–Kier alpha value is -1.02. The van der Waals surface area contributed by atoms with Crippen LogP contribution in [0, 0.1) is 12.3 Å². The lowest BCUT2D eigenvalue weighted by Crippen LogP contribution is -2.26. The van der Waals surface area contributed by atoms with Crippen LogP contribution in [0.1, 0.15) is 31.4 Å². The van der Waals surface area contributed by atoms with E-state index in [9.17, 15) is 0 Å². The lowest BCUT2D eigenvalue weighted by atomic mass is 9.85. The van der Waals surface area contributed by atoms with Crippen molar-refractivity contribution >= 4 is 0 Å². The molecule has 1 aromatic rings. The minimum Gasteiger partial charge on any atom is -0.497 e.